The van der Waals surface area contributed by atoms with Gasteiger partial charge in [-0.1, -0.05) is 6.07 Å². The molecule has 0 N–H and O–H groups in total. The van der Waals surface area contributed by atoms with E-state index in [1.807, 2.05) is 25.1 Å². The zero-order chi connectivity index (χ0) is 6.69. The lowest BCUT2D eigenvalue weighted by atomic mass is 10.3. The van der Waals surface area contributed by atoms with Crippen molar-refractivity contribution in [2.45, 2.75) is 12.3 Å². The van der Waals surface area contributed by atoms with E-state index in [0.717, 1.165) is 5.69 Å². The molecule has 0 aromatic carbocycles. The number of hydrogen-bond donors (Lipinski definition) is 0. The Morgan fingerprint density at radius 2 is 2.33 bits per heavy atom. The van der Waals surface area contributed by atoms with E-state index in [-0.39, 0.29) is 5.38 Å². The molecule has 2 heteroatoms. The van der Waals surface area contributed by atoms with Crippen LogP contribution in [-0.2, 0) is 0 Å². The molecule has 1 heterocycles. The number of hydrogen-bond acceptors (Lipinski definition) is 1. The molecule has 0 saturated carbocycles. The lowest BCUT2D eigenvalue weighted by Crippen LogP contribution is -1.86. The highest BCUT2D eigenvalue weighted by Gasteiger charge is 1.97. The highest BCUT2D eigenvalue weighted by atomic mass is 35.5. The van der Waals surface area contributed by atoms with Gasteiger partial charge in [-0.15, -0.1) is 11.6 Å². The fraction of sp³-hybridized carbons (Fsp3) is 0.286. The first-order valence-corrected chi connectivity index (χ1v) is 3.29. The van der Waals surface area contributed by atoms with Gasteiger partial charge in [-0.25, -0.2) is 0 Å². The Labute approximate surface area is 59.7 Å². The summed E-state index contributed by atoms with van der Waals surface area (Å²) in [4.78, 5) is 4.05. The van der Waals surface area contributed by atoms with E-state index in [1.165, 1.54) is 0 Å². The van der Waals surface area contributed by atoms with Crippen LogP contribution >= 0.6 is 11.6 Å². The Kier molecular flexibility index (Phi) is 2.06. The third-order valence-electron chi connectivity index (χ3n) is 1.10. The number of rotatable bonds is 1. The first-order chi connectivity index (χ1) is 4.30. The Hall–Kier alpha value is -0.560. The van der Waals surface area contributed by atoms with E-state index in [4.69, 9.17) is 11.6 Å². The molecule has 0 spiro atoms. The minimum absolute atomic E-state index is 0.0196. The quantitative estimate of drug-likeness (QED) is 0.548. The molecule has 0 radical (unpaired) electrons. The third-order valence-corrected chi connectivity index (χ3v) is 1.32. The normalized spacial score (nSPS) is 13.1. The summed E-state index contributed by atoms with van der Waals surface area (Å²) >= 11 is 5.74. The van der Waals surface area contributed by atoms with Gasteiger partial charge in [-0.05, 0) is 19.1 Å². The number of alkyl halides is 1. The summed E-state index contributed by atoms with van der Waals surface area (Å²) in [5, 5.41) is 0.0196. The molecule has 0 unspecified atom stereocenters. The predicted molar refractivity (Wildman–Crippen MR) is 38.5 cm³/mol. The van der Waals surface area contributed by atoms with Crippen LogP contribution in [0.4, 0.5) is 0 Å². The summed E-state index contributed by atoms with van der Waals surface area (Å²) in [6.45, 7) is 1.91. The van der Waals surface area contributed by atoms with Gasteiger partial charge in [0, 0.05) is 6.20 Å². The van der Waals surface area contributed by atoms with E-state index in [1.54, 1.807) is 6.20 Å². The van der Waals surface area contributed by atoms with Gasteiger partial charge < -0.3 is 0 Å². The molecule has 0 bridgehead atoms. The smallest absolute Gasteiger partial charge is 0.0729 e. The second kappa shape index (κ2) is 2.83. The van der Waals surface area contributed by atoms with Gasteiger partial charge in [0.15, 0.2) is 0 Å². The van der Waals surface area contributed by atoms with E-state index in [0.29, 0.717) is 0 Å². The molecule has 1 aromatic rings. The first-order valence-electron chi connectivity index (χ1n) is 2.85. The zero-order valence-electron chi connectivity index (χ0n) is 5.21. The van der Waals surface area contributed by atoms with Crippen molar-refractivity contribution in [2.75, 3.05) is 0 Å². The maximum Gasteiger partial charge on any atom is 0.0729 e. The molecule has 9 heavy (non-hydrogen) atoms. The summed E-state index contributed by atoms with van der Waals surface area (Å²) in [7, 11) is 0. The van der Waals surface area contributed by atoms with Crippen molar-refractivity contribution < 1.29 is 0 Å². The SMILES string of the molecule is C[C@@H](Cl)c1ccccn1. The summed E-state index contributed by atoms with van der Waals surface area (Å²) in [6, 6.07) is 5.72. The van der Waals surface area contributed by atoms with E-state index in [9.17, 15) is 0 Å². The molecule has 0 saturated heterocycles. The van der Waals surface area contributed by atoms with Crippen molar-refractivity contribution >= 4 is 11.6 Å². The molecule has 1 atom stereocenters. The van der Waals surface area contributed by atoms with Crippen LogP contribution in [0.2, 0.25) is 0 Å². The van der Waals surface area contributed by atoms with Gasteiger partial charge in [-0.2, -0.15) is 0 Å². The van der Waals surface area contributed by atoms with Gasteiger partial charge in [-0.3, -0.25) is 4.98 Å². The molecule has 1 rings (SSSR count). The molecule has 0 aliphatic carbocycles. The van der Waals surface area contributed by atoms with E-state index in [2.05, 4.69) is 4.98 Å². The van der Waals surface area contributed by atoms with Crippen LogP contribution in [-0.4, -0.2) is 4.98 Å². The van der Waals surface area contributed by atoms with Gasteiger partial charge in [0.2, 0.25) is 0 Å². The first kappa shape index (κ1) is 6.56. The highest BCUT2D eigenvalue weighted by Crippen LogP contribution is 2.14. The predicted octanol–water partition coefficient (Wildman–Crippen LogP) is 2.38. The van der Waals surface area contributed by atoms with E-state index < -0.39 is 0 Å². The molecule has 48 valence electrons. The molecule has 0 aliphatic heterocycles. The highest BCUT2D eigenvalue weighted by molar-refractivity contribution is 6.20. The molecule has 0 amide bonds. The van der Waals surface area contributed by atoms with Gasteiger partial charge in [0.1, 0.15) is 0 Å². The van der Waals surface area contributed by atoms with Crippen molar-refractivity contribution in [3.63, 3.8) is 0 Å². The number of nitrogens with zero attached hydrogens (tertiary/aromatic N) is 1. The summed E-state index contributed by atoms with van der Waals surface area (Å²) < 4.78 is 0. The lowest BCUT2D eigenvalue weighted by molar-refractivity contribution is 0.996. The zero-order valence-corrected chi connectivity index (χ0v) is 5.97. The Balaban J connectivity index is 2.85. The topological polar surface area (TPSA) is 12.9 Å². The minimum Gasteiger partial charge on any atom is -0.260 e. The van der Waals surface area contributed by atoms with Crippen LogP contribution in [0.25, 0.3) is 0 Å². The van der Waals surface area contributed by atoms with Crippen LogP contribution in [0.1, 0.15) is 18.0 Å². The lowest BCUT2D eigenvalue weighted by Gasteiger charge is -1.98. The number of halogens is 1. The maximum atomic E-state index is 5.74. The van der Waals surface area contributed by atoms with Crippen molar-refractivity contribution in [1.82, 2.24) is 4.98 Å². The Morgan fingerprint density at radius 3 is 2.67 bits per heavy atom. The molecular weight excluding hydrogens is 134 g/mol. The number of pyridine rings is 1. The van der Waals surface area contributed by atoms with Crippen molar-refractivity contribution in [3.05, 3.63) is 30.1 Å². The summed E-state index contributed by atoms with van der Waals surface area (Å²) in [5.74, 6) is 0. The summed E-state index contributed by atoms with van der Waals surface area (Å²) in [6.07, 6.45) is 1.74. The second-order valence-corrected chi connectivity index (χ2v) is 2.53. The van der Waals surface area contributed by atoms with Crippen molar-refractivity contribution in [3.8, 4) is 0 Å². The van der Waals surface area contributed by atoms with Crippen molar-refractivity contribution in [1.29, 1.82) is 0 Å². The molecule has 1 aromatic heterocycles. The maximum absolute atomic E-state index is 5.74. The Morgan fingerprint density at radius 1 is 1.56 bits per heavy atom. The number of aromatic nitrogens is 1. The van der Waals surface area contributed by atoms with Gasteiger partial charge in [0.05, 0.1) is 11.1 Å². The molecule has 1 nitrogen and oxygen atoms in total. The van der Waals surface area contributed by atoms with E-state index >= 15 is 0 Å². The van der Waals surface area contributed by atoms with Crippen LogP contribution < -0.4 is 0 Å². The molecule has 0 fully saturated rings. The standard InChI is InChI=1S/C7H8ClN/c1-6(8)7-4-2-3-5-9-7/h2-6H,1H3/t6-/m1/s1. The average Bonchev–Trinajstić information content (AvgIpc) is 1.90. The van der Waals surface area contributed by atoms with Crippen molar-refractivity contribution in [2.24, 2.45) is 0 Å². The average molecular weight is 142 g/mol. The fourth-order valence-corrected chi connectivity index (χ4v) is 0.740. The fourth-order valence-electron chi connectivity index (χ4n) is 0.611. The Bertz CT molecular complexity index is 172. The van der Waals surface area contributed by atoms with Crippen LogP contribution in [0.5, 0.6) is 0 Å². The van der Waals surface area contributed by atoms with Crippen LogP contribution in [0.3, 0.4) is 0 Å². The van der Waals surface area contributed by atoms with Gasteiger partial charge in [0.25, 0.3) is 0 Å². The largest absolute Gasteiger partial charge is 0.260 e. The third kappa shape index (κ3) is 1.68. The molecular formula is C7H8ClN. The van der Waals surface area contributed by atoms with Crippen LogP contribution in [0.15, 0.2) is 24.4 Å². The van der Waals surface area contributed by atoms with Gasteiger partial charge >= 0.3 is 0 Å². The summed E-state index contributed by atoms with van der Waals surface area (Å²) in [5.41, 5.74) is 0.930. The molecule has 0 aliphatic rings. The monoisotopic (exact) mass is 141 g/mol. The minimum atomic E-state index is 0.0196. The second-order valence-electron chi connectivity index (χ2n) is 1.87. The van der Waals surface area contributed by atoms with Crippen LogP contribution in [0, 0.1) is 0 Å².